The fraction of sp³-hybridized carbons (Fsp3) is 0.533. The number of aliphatic hydroxyl groups excluding tert-OH is 3. The average Bonchev–Trinajstić information content (AvgIpc) is 3.23. The van der Waals surface area contributed by atoms with Gasteiger partial charge in [0.2, 0.25) is 6.29 Å². The van der Waals surface area contributed by atoms with Gasteiger partial charge in [0.05, 0.1) is 25.7 Å². The number of nitrogens with zero attached hydrogens (tertiary/aromatic N) is 3. The summed E-state index contributed by atoms with van der Waals surface area (Å²) < 4.78 is 11.1. The largest absolute Gasteiger partial charge is 0.454 e. The maximum Gasteiger partial charge on any atom is 0.319 e. The van der Waals surface area contributed by atoms with Gasteiger partial charge in [-0.25, -0.2) is 9.97 Å². The van der Waals surface area contributed by atoms with E-state index in [1.807, 2.05) is 0 Å². The van der Waals surface area contributed by atoms with Crippen molar-refractivity contribution in [3.63, 3.8) is 0 Å². The van der Waals surface area contributed by atoms with Gasteiger partial charge in [0.25, 0.3) is 0 Å². The summed E-state index contributed by atoms with van der Waals surface area (Å²) in [6, 6.07) is 0.00538. The third-order valence-electron chi connectivity index (χ3n) is 3.85. The van der Waals surface area contributed by atoms with Gasteiger partial charge in [-0.1, -0.05) is 11.6 Å². The molecule has 1 aliphatic heterocycles. The van der Waals surface area contributed by atoms with Crippen LogP contribution in [-0.4, -0.2) is 79.6 Å². The van der Waals surface area contributed by atoms with Crippen molar-refractivity contribution in [1.29, 1.82) is 0 Å². The van der Waals surface area contributed by atoms with E-state index in [9.17, 15) is 10.2 Å². The minimum absolute atomic E-state index is 0.00538. The third-order valence-corrected chi connectivity index (χ3v) is 3.85. The van der Waals surface area contributed by atoms with Gasteiger partial charge in [-0.15, -0.1) is 0 Å². The van der Waals surface area contributed by atoms with Gasteiger partial charge < -0.3 is 29.8 Å². The summed E-state index contributed by atoms with van der Waals surface area (Å²) in [7, 11) is 0. The van der Waals surface area contributed by atoms with Crippen LogP contribution in [0.4, 0.5) is 0 Å². The zero-order valence-corrected chi connectivity index (χ0v) is 14.1. The minimum atomic E-state index is -1.18. The zero-order chi connectivity index (χ0) is 18.5. The topological polar surface area (TPSA) is 155 Å². The lowest BCUT2D eigenvalue weighted by Gasteiger charge is -2.19. The molecule has 0 amide bonds. The predicted molar refractivity (Wildman–Crippen MR) is 87.8 cm³/mol. The number of hydroxylamine groups is 1. The van der Waals surface area contributed by atoms with Crippen molar-refractivity contribution in [2.45, 2.75) is 31.5 Å². The number of imidazole rings is 1. The Labute approximate surface area is 148 Å². The molecule has 0 saturated carbocycles. The number of hydrogen-bond donors (Lipinski definition) is 5. The lowest BCUT2D eigenvalue weighted by atomic mass is 10.1. The Bertz CT molecular complexity index is 753. The predicted octanol–water partition coefficient (Wildman–Crippen LogP) is -1.36. The van der Waals surface area contributed by atoms with Crippen LogP contribution in [0.2, 0.25) is 0 Å². The summed E-state index contributed by atoms with van der Waals surface area (Å²) in [4.78, 5) is 20.3. The number of fused-ring (bicyclic) bond motifs is 1. The van der Waals surface area contributed by atoms with E-state index in [1.54, 1.807) is 13.0 Å². The molecule has 0 radical (unpaired) electrons. The SMILES string of the molecule is C/C(=C\CNO[C@@H]1O[C@H](CO)[C@@H](Oc2ncc3[nH]cnc3n2)[C@H]1O)CO. The summed E-state index contributed by atoms with van der Waals surface area (Å²) in [5, 5.41) is 28.8. The van der Waals surface area contributed by atoms with Crippen LogP contribution in [-0.2, 0) is 9.57 Å². The number of H-pyrrole nitrogens is 1. The van der Waals surface area contributed by atoms with Crippen molar-refractivity contribution in [3.05, 3.63) is 24.2 Å². The minimum Gasteiger partial charge on any atom is -0.454 e. The first-order chi connectivity index (χ1) is 12.6. The molecule has 2 aromatic rings. The van der Waals surface area contributed by atoms with Crippen molar-refractivity contribution in [2.24, 2.45) is 0 Å². The van der Waals surface area contributed by atoms with Crippen LogP contribution in [0.25, 0.3) is 11.2 Å². The molecule has 26 heavy (non-hydrogen) atoms. The molecule has 142 valence electrons. The molecule has 0 aliphatic carbocycles. The molecule has 1 saturated heterocycles. The molecule has 2 aromatic heterocycles. The lowest BCUT2D eigenvalue weighted by Crippen LogP contribution is -2.41. The fourth-order valence-corrected chi connectivity index (χ4v) is 2.40. The molecule has 0 bridgehead atoms. The lowest BCUT2D eigenvalue weighted by molar-refractivity contribution is -0.200. The van der Waals surface area contributed by atoms with Gasteiger partial charge in [0.1, 0.15) is 17.7 Å². The first-order valence-corrected chi connectivity index (χ1v) is 8.04. The quantitative estimate of drug-likeness (QED) is 0.214. The highest BCUT2D eigenvalue weighted by Gasteiger charge is 2.46. The van der Waals surface area contributed by atoms with Crippen molar-refractivity contribution in [2.75, 3.05) is 19.8 Å². The highest BCUT2D eigenvalue weighted by atomic mass is 16.8. The maximum atomic E-state index is 10.4. The highest BCUT2D eigenvalue weighted by Crippen LogP contribution is 2.25. The first-order valence-electron chi connectivity index (χ1n) is 8.04. The van der Waals surface area contributed by atoms with Crippen LogP contribution in [0.1, 0.15) is 6.92 Å². The molecule has 0 unspecified atom stereocenters. The maximum absolute atomic E-state index is 10.4. The van der Waals surface area contributed by atoms with E-state index >= 15 is 0 Å². The molecule has 3 heterocycles. The Morgan fingerprint density at radius 3 is 3.04 bits per heavy atom. The molecule has 1 aliphatic rings. The van der Waals surface area contributed by atoms with Crippen molar-refractivity contribution in [1.82, 2.24) is 25.4 Å². The van der Waals surface area contributed by atoms with E-state index < -0.39 is 24.6 Å². The summed E-state index contributed by atoms with van der Waals surface area (Å²) in [6.45, 7) is 1.65. The molecule has 11 heteroatoms. The van der Waals surface area contributed by atoms with Crippen LogP contribution >= 0.6 is 0 Å². The van der Waals surface area contributed by atoms with Crippen molar-refractivity contribution in [3.8, 4) is 6.01 Å². The molecular weight excluding hydrogens is 346 g/mol. The Morgan fingerprint density at radius 1 is 1.42 bits per heavy atom. The molecular formula is C15H21N5O6. The second-order valence-electron chi connectivity index (χ2n) is 5.77. The number of hydrogen-bond acceptors (Lipinski definition) is 10. The number of aromatic nitrogens is 4. The molecule has 3 rings (SSSR count). The van der Waals surface area contributed by atoms with Crippen LogP contribution in [0.5, 0.6) is 6.01 Å². The number of aliphatic hydroxyl groups is 3. The Morgan fingerprint density at radius 2 is 2.27 bits per heavy atom. The highest BCUT2D eigenvalue weighted by molar-refractivity contribution is 5.68. The standard InChI is InChI=1S/C15H21N5O6/c1-8(5-21)2-3-19-26-14-11(23)12(10(6-22)24-14)25-15-16-4-9-13(20-15)18-7-17-9/h2,4,7,10-12,14,19,21-23H,3,5-6H2,1H3,(H,16,17,18,20)/b8-2+/t10-,11-,12-,14+/m1/s1. The number of aromatic amines is 1. The summed E-state index contributed by atoms with van der Waals surface area (Å²) in [5.74, 6) is 0. The third kappa shape index (κ3) is 4.15. The smallest absolute Gasteiger partial charge is 0.319 e. The molecule has 11 nitrogen and oxygen atoms in total. The normalized spacial score (nSPS) is 26.5. The van der Waals surface area contributed by atoms with E-state index in [0.717, 1.165) is 5.57 Å². The summed E-state index contributed by atoms with van der Waals surface area (Å²) >= 11 is 0. The first kappa shape index (κ1) is 18.6. The van der Waals surface area contributed by atoms with E-state index in [4.69, 9.17) is 19.4 Å². The van der Waals surface area contributed by atoms with Gasteiger partial charge in [-0.05, 0) is 6.92 Å². The van der Waals surface area contributed by atoms with Gasteiger partial charge >= 0.3 is 6.01 Å². The Balaban J connectivity index is 1.61. The van der Waals surface area contributed by atoms with Crippen LogP contribution in [0, 0.1) is 0 Å². The average molecular weight is 367 g/mol. The van der Waals surface area contributed by atoms with Crippen LogP contribution < -0.4 is 10.2 Å². The van der Waals surface area contributed by atoms with E-state index in [-0.39, 0.29) is 19.2 Å². The molecule has 5 N–H and O–H groups in total. The van der Waals surface area contributed by atoms with E-state index in [0.29, 0.717) is 17.7 Å². The molecule has 0 aromatic carbocycles. The van der Waals surface area contributed by atoms with Gasteiger partial charge in [0, 0.05) is 6.54 Å². The van der Waals surface area contributed by atoms with Crippen LogP contribution in [0.3, 0.4) is 0 Å². The van der Waals surface area contributed by atoms with E-state index in [2.05, 4.69) is 25.4 Å². The van der Waals surface area contributed by atoms with Crippen molar-refractivity contribution >= 4 is 11.2 Å². The summed E-state index contributed by atoms with van der Waals surface area (Å²) in [5.41, 5.74) is 4.46. The van der Waals surface area contributed by atoms with Gasteiger partial charge in [0.15, 0.2) is 11.8 Å². The Kier molecular flexibility index (Phi) is 6.08. The van der Waals surface area contributed by atoms with E-state index in [1.165, 1.54) is 12.5 Å². The Hall–Kier alpha value is -2.15. The summed E-state index contributed by atoms with van der Waals surface area (Å²) in [6.07, 6.45) is 0.756. The van der Waals surface area contributed by atoms with Gasteiger partial charge in [-0.3, -0.25) is 4.84 Å². The van der Waals surface area contributed by atoms with Crippen molar-refractivity contribution < 1.29 is 29.6 Å². The molecule has 1 fully saturated rings. The number of nitrogens with one attached hydrogen (secondary N) is 2. The fourth-order valence-electron chi connectivity index (χ4n) is 2.40. The molecule has 4 atom stereocenters. The number of ether oxygens (including phenoxy) is 2. The van der Waals surface area contributed by atoms with Crippen LogP contribution in [0.15, 0.2) is 24.2 Å². The number of rotatable bonds is 8. The second-order valence-corrected chi connectivity index (χ2v) is 5.77. The zero-order valence-electron chi connectivity index (χ0n) is 14.1. The van der Waals surface area contributed by atoms with Gasteiger partial charge in [-0.2, -0.15) is 10.5 Å². The monoisotopic (exact) mass is 367 g/mol. The molecule has 0 spiro atoms. The second kappa shape index (κ2) is 8.49.